The predicted molar refractivity (Wildman–Crippen MR) is 56.8 cm³/mol. The average molecular weight is 253 g/mol. The van der Waals surface area contributed by atoms with Crippen molar-refractivity contribution in [2.24, 2.45) is 0 Å². The van der Waals surface area contributed by atoms with Crippen LogP contribution in [0.4, 0.5) is 8.78 Å². The van der Waals surface area contributed by atoms with Crippen LogP contribution in [0.5, 0.6) is 0 Å². The number of rotatable bonds is 3. The zero-order chi connectivity index (χ0) is 13.1. The van der Waals surface area contributed by atoms with Crippen molar-refractivity contribution in [3.05, 3.63) is 47.3 Å². The summed E-state index contributed by atoms with van der Waals surface area (Å²) in [6, 6.07) is 3.52. The van der Waals surface area contributed by atoms with Crippen molar-refractivity contribution < 1.29 is 18.3 Å². The van der Waals surface area contributed by atoms with Crippen LogP contribution < -0.4 is 0 Å². The molecule has 0 fully saturated rings. The summed E-state index contributed by atoms with van der Waals surface area (Å²) in [5.41, 5.74) is 0.565. The molecule has 0 unspecified atom stereocenters. The zero-order valence-electron chi connectivity index (χ0n) is 9.43. The molecule has 1 aromatic heterocycles. The normalized spacial score (nSPS) is 10.4. The quantitative estimate of drug-likeness (QED) is 0.776. The molecule has 0 aliphatic rings. The van der Waals surface area contributed by atoms with Crippen molar-refractivity contribution in [1.29, 1.82) is 0 Å². The topological polar surface area (TPSA) is 57.0 Å². The van der Waals surface area contributed by atoms with Crippen LogP contribution in [0, 0.1) is 11.6 Å². The molecule has 0 aliphatic heterocycles. The highest BCUT2D eigenvalue weighted by molar-refractivity contribution is 5.86. The number of hydrogen-bond acceptors (Lipinski definition) is 4. The molecular weight excluding hydrogens is 244 g/mol. The highest BCUT2D eigenvalue weighted by Crippen LogP contribution is 2.10. The Morgan fingerprint density at radius 2 is 2.17 bits per heavy atom. The van der Waals surface area contributed by atoms with Crippen LogP contribution in [-0.2, 0) is 11.3 Å². The second kappa shape index (κ2) is 4.91. The fraction of sp³-hybridized carbons (Fsp3) is 0.182. The Bertz CT molecular complexity index is 583. The van der Waals surface area contributed by atoms with Gasteiger partial charge in [-0.3, -0.25) is 0 Å². The number of halogens is 2. The van der Waals surface area contributed by atoms with Crippen LogP contribution in [0.1, 0.15) is 16.1 Å². The first kappa shape index (κ1) is 12.2. The molecule has 2 rings (SSSR count). The fourth-order valence-electron chi connectivity index (χ4n) is 1.40. The molecule has 1 heterocycles. The van der Waals surface area contributed by atoms with Gasteiger partial charge in [-0.2, -0.15) is 0 Å². The minimum Gasteiger partial charge on any atom is -0.464 e. The molecule has 0 N–H and O–H groups in total. The number of aromatic nitrogens is 3. The van der Waals surface area contributed by atoms with Gasteiger partial charge in [-0.15, -0.1) is 5.10 Å². The molecule has 0 amide bonds. The Labute approximate surface area is 101 Å². The summed E-state index contributed by atoms with van der Waals surface area (Å²) in [7, 11) is 1.23. The van der Waals surface area contributed by atoms with E-state index in [4.69, 9.17) is 0 Å². The summed E-state index contributed by atoms with van der Waals surface area (Å²) in [6.07, 6.45) is 1.37. The van der Waals surface area contributed by atoms with Gasteiger partial charge in [0.05, 0.1) is 19.9 Å². The average Bonchev–Trinajstić information content (AvgIpc) is 2.81. The Kier molecular flexibility index (Phi) is 3.31. The lowest BCUT2D eigenvalue weighted by Gasteiger charge is -2.01. The minimum atomic E-state index is -0.930. The molecule has 1 aromatic carbocycles. The molecule has 0 bridgehead atoms. The first-order valence-electron chi connectivity index (χ1n) is 5.02. The molecule has 0 atom stereocenters. The lowest BCUT2D eigenvalue weighted by molar-refractivity contribution is 0.0594. The number of methoxy groups -OCH3 is 1. The molecule has 0 spiro atoms. The summed E-state index contributed by atoms with van der Waals surface area (Å²) in [5.74, 6) is -2.44. The number of nitrogens with zero attached hydrogens (tertiary/aromatic N) is 3. The van der Waals surface area contributed by atoms with Crippen molar-refractivity contribution in [2.75, 3.05) is 7.11 Å². The molecule has 94 valence electrons. The summed E-state index contributed by atoms with van der Waals surface area (Å²) in [6.45, 7) is 0.182. The predicted octanol–water partition coefficient (Wildman–Crippen LogP) is 1.39. The number of hydrogen-bond donors (Lipinski definition) is 0. The Morgan fingerprint density at radius 1 is 1.39 bits per heavy atom. The van der Waals surface area contributed by atoms with Gasteiger partial charge in [0.2, 0.25) is 0 Å². The Balaban J connectivity index is 2.16. The molecule has 5 nitrogen and oxygen atoms in total. The van der Waals surface area contributed by atoms with E-state index >= 15 is 0 Å². The lowest BCUT2D eigenvalue weighted by atomic mass is 10.2. The molecule has 0 aliphatic carbocycles. The van der Waals surface area contributed by atoms with E-state index in [-0.39, 0.29) is 12.2 Å². The molecular formula is C11H9F2N3O2. The maximum Gasteiger partial charge on any atom is 0.360 e. The van der Waals surface area contributed by atoms with Gasteiger partial charge in [0.15, 0.2) is 17.3 Å². The number of benzene rings is 1. The van der Waals surface area contributed by atoms with Crippen molar-refractivity contribution in [3.63, 3.8) is 0 Å². The smallest absolute Gasteiger partial charge is 0.360 e. The number of ether oxygens (including phenoxy) is 1. The molecule has 0 radical (unpaired) electrons. The van der Waals surface area contributed by atoms with Crippen LogP contribution in [0.15, 0.2) is 24.4 Å². The van der Waals surface area contributed by atoms with Crippen LogP contribution in [0.2, 0.25) is 0 Å². The minimum absolute atomic E-state index is 0.0556. The second-order valence-electron chi connectivity index (χ2n) is 3.54. The van der Waals surface area contributed by atoms with Crippen molar-refractivity contribution in [3.8, 4) is 0 Å². The van der Waals surface area contributed by atoms with E-state index in [0.29, 0.717) is 5.56 Å². The number of carbonyl (C=O) groups excluding carboxylic acids is 1. The van der Waals surface area contributed by atoms with E-state index in [1.165, 1.54) is 24.1 Å². The highest BCUT2D eigenvalue weighted by Gasteiger charge is 2.11. The molecule has 18 heavy (non-hydrogen) atoms. The monoisotopic (exact) mass is 253 g/mol. The Morgan fingerprint density at radius 3 is 2.83 bits per heavy atom. The van der Waals surface area contributed by atoms with Crippen LogP contribution in [0.3, 0.4) is 0 Å². The third-order valence-electron chi connectivity index (χ3n) is 2.26. The third kappa shape index (κ3) is 2.50. The van der Waals surface area contributed by atoms with Crippen LogP contribution >= 0.6 is 0 Å². The fourth-order valence-corrected chi connectivity index (χ4v) is 1.40. The van der Waals surface area contributed by atoms with Gasteiger partial charge >= 0.3 is 5.97 Å². The van der Waals surface area contributed by atoms with E-state index in [1.807, 2.05) is 0 Å². The molecule has 0 saturated carbocycles. The first-order chi connectivity index (χ1) is 8.60. The molecule has 7 heteroatoms. The molecule has 0 saturated heterocycles. The summed E-state index contributed by atoms with van der Waals surface area (Å²) in [4.78, 5) is 11.1. The maximum absolute atomic E-state index is 13.0. The number of esters is 1. The summed E-state index contributed by atoms with van der Waals surface area (Å²) >= 11 is 0. The van der Waals surface area contributed by atoms with Crippen molar-refractivity contribution in [2.45, 2.75) is 6.54 Å². The first-order valence-corrected chi connectivity index (χ1v) is 5.02. The zero-order valence-corrected chi connectivity index (χ0v) is 9.43. The van der Waals surface area contributed by atoms with Gasteiger partial charge in [-0.05, 0) is 17.7 Å². The van der Waals surface area contributed by atoms with E-state index in [1.54, 1.807) is 0 Å². The second-order valence-corrected chi connectivity index (χ2v) is 3.54. The van der Waals surface area contributed by atoms with Gasteiger partial charge in [0.1, 0.15) is 0 Å². The van der Waals surface area contributed by atoms with Gasteiger partial charge in [0.25, 0.3) is 0 Å². The standard InChI is InChI=1S/C11H9F2N3O2/c1-18-11(17)10-6-16(15-14-10)5-7-2-3-8(12)9(13)4-7/h2-4,6H,5H2,1H3. The van der Waals surface area contributed by atoms with Crippen LogP contribution in [-0.4, -0.2) is 28.1 Å². The van der Waals surface area contributed by atoms with Gasteiger partial charge in [0, 0.05) is 0 Å². The molecule has 2 aromatic rings. The summed E-state index contributed by atoms with van der Waals surface area (Å²) < 4.78 is 31.5. The van der Waals surface area contributed by atoms with E-state index in [0.717, 1.165) is 12.1 Å². The van der Waals surface area contributed by atoms with E-state index in [2.05, 4.69) is 15.0 Å². The highest BCUT2D eigenvalue weighted by atomic mass is 19.2. The van der Waals surface area contributed by atoms with E-state index < -0.39 is 17.6 Å². The SMILES string of the molecule is COC(=O)c1cn(Cc2ccc(F)c(F)c2)nn1. The van der Waals surface area contributed by atoms with Crippen LogP contribution in [0.25, 0.3) is 0 Å². The van der Waals surface area contributed by atoms with Crippen molar-refractivity contribution >= 4 is 5.97 Å². The lowest BCUT2D eigenvalue weighted by Crippen LogP contribution is -2.02. The number of carbonyl (C=O) groups is 1. The van der Waals surface area contributed by atoms with Gasteiger partial charge < -0.3 is 4.74 Å². The largest absolute Gasteiger partial charge is 0.464 e. The maximum atomic E-state index is 13.0. The third-order valence-corrected chi connectivity index (χ3v) is 2.26. The van der Waals surface area contributed by atoms with Gasteiger partial charge in [-0.25, -0.2) is 18.3 Å². The van der Waals surface area contributed by atoms with E-state index in [9.17, 15) is 13.6 Å². The van der Waals surface area contributed by atoms with Gasteiger partial charge in [-0.1, -0.05) is 11.3 Å². The Hall–Kier alpha value is -2.31. The van der Waals surface area contributed by atoms with Crippen molar-refractivity contribution in [1.82, 2.24) is 15.0 Å². The summed E-state index contributed by atoms with van der Waals surface area (Å²) in [5, 5.41) is 7.28.